The molecule has 11 nitrogen and oxygen atoms in total. The van der Waals surface area contributed by atoms with Gasteiger partial charge in [0.05, 0.1) is 31.1 Å². The lowest BCUT2D eigenvalue weighted by molar-refractivity contribution is -0.118. The van der Waals surface area contributed by atoms with Gasteiger partial charge in [-0.1, -0.05) is 0 Å². The predicted molar refractivity (Wildman–Crippen MR) is 133 cm³/mol. The van der Waals surface area contributed by atoms with Gasteiger partial charge in [-0.2, -0.15) is 0 Å². The van der Waals surface area contributed by atoms with Gasteiger partial charge < -0.3 is 29.7 Å². The van der Waals surface area contributed by atoms with E-state index >= 15 is 0 Å². The summed E-state index contributed by atoms with van der Waals surface area (Å²) in [6, 6.07) is 8.73. The Kier molecular flexibility index (Phi) is 5.87. The van der Waals surface area contributed by atoms with Crippen LogP contribution in [-0.4, -0.2) is 74.0 Å². The van der Waals surface area contributed by atoms with Crippen molar-refractivity contribution < 1.29 is 28.2 Å². The number of rotatable bonds is 6. The summed E-state index contributed by atoms with van der Waals surface area (Å²) in [6.07, 6.45) is 1.21. The molecule has 0 bridgehead atoms. The first-order valence-corrected chi connectivity index (χ1v) is 12.0. The maximum atomic E-state index is 14.8. The number of carbonyl (C=O) groups excluding carboxylic acids is 2. The molecule has 2 N–H and O–H groups in total. The fraction of sp³-hybridized carbons (Fsp3) is 0.360. The number of nitrogens with zero attached hydrogens (tertiary/aromatic N) is 4. The first-order chi connectivity index (χ1) is 18.0. The van der Waals surface area contributed by atoms with Crippen molar-refractivity contribution in [1.82, 2.24) is 15.3 Å². The van der Waals surface area contributed by atoms with Gasteiger partial charge in [0.15, 0.2) is 12.4 Å². The van der Waals surface area contributed by atoms with Gasteiger partial charge in [-0.15, -0.1) is 0 Å². The Balaban J connectivity index is 1.09. The van der Waals surface area contributed by atoms with Crippen molar-refractivity contribution in [2.45, 2.75) is 18.6 Å². The van der Waals surface area contributed by atoms with Gasteiger partial charge in [0, 0.05) is 37.4 Å². The van der Waals surface area contributed by atoms with Crippen LogP contribution in [0.15, 0.2) is 36.5 Å². The Morgan fingerprint density at radius 3 is 3.00 bits per heavy atom. The maximum Gasteiger partial charge on any atom is 0.414 e. The highest BCUT2D eigenvalue weighted by Gasteiger charge is 2.34. The zero-order chi connectivity index (χ0) is 25.5. The number of pyridine rings is 2. The van der Waals surface area contributed by atoms with Crippen molar-refractivity contribution >= 4 is 40.1 Å². The predicted octanol–water partition coefficient (Wildman–Crippen LogP) is 2.30. The molecule has 1 aromatic carbocycles. The molecule has 0 radical (unpaired) electrons. The van der Waals surface area contributed by atoms with Gasteiger partial charge in [-0.3, -0.25) is 14.7 Å². The Labute approximate surface area is 211 Å². The molecule has 2 saturated heterocycles. The van der Waals surface area contributed by atoms with Crippen LogP contribution in [0.3, 0.4) is 0 Å². The fourth-order valence-electron chi connectivity index (χ4n) is 4.93. The van der Waals surface area contributed by atoms with E-state index in [1.165, 1.54) is 18.2 Å². The first kappa shape index (κ1) is 23.2. The van der Waals surface area contributed by atoms with Crippen LogP contribution in [0.25, 0.3) is 11.0 Å². The Morgan fingerprint density at radius 1 is 1.24 bits per heavy atom. The van der Waals surface area contributed by atoms with Crippen molar-refractivity contribution in [3.63, 3.8) is 0 Å². The molecular formula is C25H25FN6O5. The summed E-state index contributed by atoms with van der Waals surface area (Å²) in [5.74, 6) is 0.292. The molecule has 192 valence electrons. The summed E-state index contributed by atoms with van der Waals surface area (Å²) in [4.78, 5) is 36.2. The van der Waals surface area contributed by atoms with E-state index in [1.54, 1.807) is 30.3 Å². The van der Waals surface area contributed by atoms with Crippen LogP contribution in [-0.2, 0) is 9.53 Å². The average Bonchev–Trinajstić information content (AvgIpc) is 3.52. The largest absolute Gasteiger partial charge is 0.482 e. The van der Waals surface area contributed by atoms with Gasteiger partial charge in [-0.05, 0) is 30.7 Å². The number of nitrogens with one attached hydrogen (secondary N) is 2. The van der Waals surface area contributed by atoms with Gasteiger partial charge in [-0.25, -0.2) is 14.2 Å². The Hall–Kier alpha value is -4.19. The van der Waals surface area contributed by atoms with E-state index in [-0.39, 0.29) is 24.7 Å². The Bertz CT molecular complexity index is 1390. The summed E-state index contributed by atoms with van der Waals surface area (Å²) < 4.78 is 31.0. The number of anilines is 3. The number of cyclic esters (lactones) is 1. The van der Waals surface area contributed by atoms with Crippen molar-refractivity contribution in [3.8, 4) is 11.6 Å². The zero-order valence-electron chi connectivity index (χ0n) is 20.1. The summed E-state index contributed by atoms with van der Waals surface area (Å²) in [5, 5.41) is 6.21. The van der Waals surface area contributed by atoms with E-state index < -0.39 is 11.9 Å². The molecule has 12 heteroatoms. The second-order valence-corrected chi connectivity index (χ2v) is 9.15. The van der Waals surface area contributed by atoms with E-state index in [1.807, 2.05) is 4.90 Å². The minimum atomic E-state index is -0.451. The molecule has 2 amide bonds. The minimum absolute atomic E-state index is 0.0286. The zero-order valence-corrected chi connectivity index (χ0v) is 20.1. The molecule has 2 aromatic heterocycles. The molecule has 2 fully saturated rings. The number of methoxy groups -OCH3 is 1. The number of fused-ring (bicyclic) bond motifs is 2. The Morgan fingerprint density at radius 2 is 2.14 bits per heavy atom. The lowest BCUT2D eigenvalue weighted by atomic mass is 10.2. The van der Waals surface area contributed by atoms with Gasteiger partial charge in [0.25, 0.3) is 5.91 Å². The first-order valence-electron chi connectivity index (χ1n) is 12.0. The highest BCUT2D eigenvalue weighted by atomic mass is 19.1. The van der Waals surface area contributed by atoms with Crippen LogP contribution >= 0.6 is 0 Å². The third kappa shape index (κ3) is 4.44. The molecular weight excluding hydrogens is 483 g/mol. The number of aromatic nitrogens is 2. The normalized spacial score (nSPS) is 21.0. The van der Waals surface area contributed by atoms with Crippen molar-refractivity contribution in [3.05, 3.63) is 42.3 Å². The lowest BCUT2D eigenvalue weighted by Gasteiger charge is -2.21. The number of hydrogen-bond donors (Lipinski definition) is 2. The van der Waals surface area contributed by atoms with Gasteiger partial charge in [0.2, 0.25) is 5.88 Å². The quantitative estimate of drug-likeness (QED) is 0.517. The monoisotopic (exact) mass is 508 g/mol. The highest BCUT2D eigenvalue weighted by molar-refractivity contribution is 5.97. The number of benzene rings is 1. The number of ether oxygens (including phenoxy) is 3. The molecule has 0 saturated carbocycles. The van der Waals surface area contributed by atoms with E-state index in [2.05, 4.69) is 20.6 Å². The third-order valence-corrected chi connectivity index (χ3v) is 6.75. The number of amides is 2. The summed E-state index contributed by atoms with van der Waals surface area (Å²) in [7, 11) is 1.52. The smallest absolute Gasteiger partial charge is 0.414 e. The summed E-state index contributed by atoms with van der Waals surface area (Å²) in [5.41, 5.74) is 2.62. The molecule has 3 aromatic rings. The molecule has 37 heavy (non-hydrogen) atoms. The van der Waals surface area contributed by atoms with Crippen LogP contribution in [0.2, 0.25) is 0 Å². The molecule has 6 rings (SSSR count). The van der Waals surface area contributed by atoms with E-state index in [0.717, 1.165) is 6.42 Å². The van der Waals surface area contributed by atoms with Gasteiger partial charge in [0.1, 0.15) is 23.1 Å². The van der Waals surface area contributed by atoms with E-state index in [4.69, 9.17) is 14.2 Å². The molecule has 5 heterocycles. The third-order valence-electron chi connectivity index (χ3n) is 6.75. The van der Waals surface area contributed by atoms with Crippen LogP contribution < -0.4 is 29.9 Å². The van der Waals surface area contributed by atoms with E-state index in [0.29, 0.717) is 65.9 Å². The van der Waals surface area contributed by atoms with Crippen LogP contribution in [0.1, 0.15) is 6.42 Å². The summed E-state index contributed by atoms with van der Waals surface area (Å²) in [6.45, 7) is 2.01. The number of hydrogen-bond acceptors (Lipinski definition) is 9. The number of halogens is 1. The molecule has 2 atom stereocenters. The molecule has 3 aliphatic heterocycles. The average molecular weight is 509 g/mol. The van der Waals surface area contributed by atoms with Crippen molar-refractivity contribution in [1.29, 1.82) is 0 Å². The van der Waals surface area contributed by atoms with Crippen LogP contribution in [0, 0.1) is 5.82 Å². The molecule has 0 spiro atoms. The lowest BCUT2D eigenvalue weighted by Crippen LogP contribution is -2.39. The topological polar surface area (TPSA) is 118 Å². The van der Waals surface area contributed by atoms with Crippen LogP contribution in [0.5, 0.6) is 11.6 Å². The number of carbonyl (C=O) groups is 2. The molecule has 3 aliphatic rings. The maximum absolute atomic E-state index is 14.8. The fourth-order valence-corrected chi connectivity index (χ4v) is 4.93. The highest BCUT2D eigenvalue weighted by Crippen LogP contribution is 2.34. The van der Waals surface area contributed by atoms with Gasteiger partial charge >= 0.3 is 6.09 Å². The van der Waals surface area contributed by atoms with Crippen LogP contribution in [0.4, 0.5) is 26.2 Å². The van der Waals surface area contributed by atoms with E-state index in [9.17, 15) is 14.0 Å². The molecule has 0 aliphatic carbocycles. The van der Waals surface area contributed by atoms with Crippen molar-refractivity contribution in [2.24, 2.45) is 0 Å². The summed E-state index contributed by atoms with van der Waals surface area (Å²) >= 11 is 0. The second-order valence-electron chi connectivity index (χ2n) is 9.15. The minimum Gasteiger partial charge on any atom is -0.482 e. The standard InChI is InChI=1S/C25H25FN6O5/c1-35-22-5-3-18-23(30-22)24(17(26)10-28-18)31-7-6-14(11-31)27-9-16-12-32(25(34)37-16)15-2-4-20-19(8-15)29-21(33)13-36-20/h2-5,8,10,14,16,27H,6-7,9,11-13H2,1H3,(H,29,33). The SMILES string of the molecule is COc1ccc2ncc(F)c(N3CCC(NCC4CN(c5ccc6c(c5)NC(=O)CO6)C(=O)O4)C3)c2n1. The molecule has 2 unspecified atom stereocenters. The van der Waals surface area contributed by atoms with Crippen molar-refractivity contribution in [2.75, 3.05) is 55.0 Å². The second kappa shape index (κ2) is 9.36.